The summed E-state index contributed by atoms with van der Waals surface area (Å²) in [5.41, 5.74) is 5.82. The molecule has 2 rings (SSSR count). The van der Waals surface area contributed by atoms with Crippen LogP contribution in [0.2, 0.25) is 5.02 Å². The van der Waals surface area contributed by atoms with Crippen molar-refractivity contribution in [2.75, 3.05) is 5.32 Å². The van der Waals surface area contributed by atoms with E-state index in [0.717, 1.165) is 0 Å². The van der Waals surface area contributed by atoms with Gasteiger partial charge in [-0.2, -0.15) is 0 Å². The standard InChI is InChI=1S/C13H10ClN3O3/c14-8-6-7(13(19)20)4-5-9(8)16-11-3-1-2-10(17-11)12(15)18/h1-6H,(H2,15,18)(H,16,17)(H,19,20). The number of carbonyl (C=O) groups is 2. The van der Waals surface area contributed by atoms with Gasteiger partial charge in [0.25, 0.3) is 5.91 Å². The van der Waals surface area contributed by atoms with E-state index in [1.165, 1.54) is 24.3 Å². The van der Waals surface area contributed by atoms with Crippen LogP contribution in [0, 0.1) is 0 Å². The Hall–Kier alpha value is -2.60. The van der Waals surface area contributed by atoms with Gasteiger partial charge in [-0.15, -0.1) is 0 Å². The Labute approximate surface area is 119 Å². The summed E-state index contributed by atoms with van der Waals surface area (Å²) in [5.74, 6) is -1.32. The molecule has 0 aliphatic heterocycles. The number of benzene rings is 1. The monoisotopic (exact) mass is 291 g/mol. The van der Waals surface area contributed by atoms with E-state index in [1.807, 2.05) is 0 Å². The highest BCUT2D eigenvalue weighted by Gasteiger charge is 2.08. The van der Waals surface area contributed by atoms with Crippen LogP contribution in [0.1, 0.15) is 20.8 Å². The summed E-state index contributed by atoms with van der Waals surface area (Å²) >= 11 is 5.98. The maximum Gasteiger partial charge on any atom is 0.335 e. The van der Waals surface area contributed by atoms with Gasteiger partial charge in [-0.25, -0.2) is 9.78 Å². The van der Waals surface area contributed by atoms with Crippen molar-refractivity contribution in [1.82, 2.24) is 4.98 Å². The molecule has 1 aromatic heterocycles. The van der Waals surface area contributed by atoms with Gasteiger partial charge in [-0.3, -0.25) is 4.79 Å². The van der Waals surface area contributed by atoms with Gasteiger partial charge in [0.15, 0.2) is 0 Å². The van der Waals surface area contributed by atoms with E-state index in [-0.39, 0.29) is 16.3 Å². The minimum atomic E-state index is -1.06. The quantitative estimate of drug-likeness (QED) is 0.801. The Morgan fingerprint density at radius 2 is 2.00 bits per heavy atom. The molecule has 0 unspecified atom stereocenters. The number of rotatable bonds is 4. The number of nitrogens with one attached hydrogen (secondary N) is 1. The highest BCUT2D eigenvalue weighted by atomic mass is 35.5. The number of carboxylic acids is 1. The molecule has 20 heavy (non-hydrogen) atoms. The minimum Gasteiger partial charge on any atom is -0.478 e. The SMILES string of the molecule is NC(=O)c1cccc(Nc2ccc(C(=O)O)cc2Cl)n1. The van der Waals surface area contributed by atoms with Crippen LogP contribution in [0.3, 0.4) is 0 Å². The lowest BCUT2D eigenvalue weighted by Crippen LogP contribution is -2.13. The van der Waals surface area contributed by atoms with Crippen LogP contribution in [-0.2, 0) is 0 Å². The third kappa shape index (κ3) is 3.04. The molecule has 1 amide bonds. The summed E-state index contributed by atoms with van der Waals surface area (Å²) in [5, 5.41) is 12.0. The molecule has 1 aromatic carbocycles. The Kier molecular flexibility index (Phi) is 3.86. The first kappa shape index (κ1) is 13.8. The Morgan fingerprint density at radius 3 is 2.60 bits per heavy atom. The van der Waals surface area contributed by atoms with Gasteiger partial charge >= 0.3 is 5.97 Å². The first-order valence-electron chi connectivity index (χ1n) is 5.54. The zero-order valence-corrected chi connectivity index (χ0v) is 10.9. The highest BCUT2D eigenvalue weighted by molar-refractivity contribution is 6.33. The van der Waals surface area contributed by atoms with E-state index >= 15 is 0 Å². The first-order valence-corrected chi connectivity index (χ1v) is 5.92. The van der Waals surface area contributed by atoms with Crippen LogP contribution < -0.4 is 11.1 Å². The fraction of sp³-hybridized carbons (Fsp3) is 0. The highest BCUT2D eigenvalue weighted by Crippen LogP contribution is 2.25. The predicted octanol–water partition coefficient (Wildman–Crippen LogP) is 2.28. The zero-order valence-electron chi connectivity index (χ0n) is 10.1. The van der Waals surface area contributed by atoms with Crippen LogP contribution in [0.5, 0.6) is 0 Å². The second-order valence-electron chi connectivity index (χ2n) is 3.90. The average Bonchev–Trinajstić information content (AvgIpc) is 2.41. The van der Waals surface area contributed by atoms with Gasteiger partial charge in [0.05, 0.1) is 16.3 Å². The summed E-state index contributed by atoms with van der Waals surface area (Å²) in [7, 11) is 0. The molecular formula is C13H10ClN3O3. The van der Waals surface area contributed by atoms with Crippen molar-refractivity contribution in [1.29, 1.82) is 0 Å². The van der Waals surface area contributed by atoms with Gasteiger partial charge in [0.2, 0.25) is 0 Å². The molecule has 0 aliphatic rings. The molecule has 0 aliphatic carbocycles. The van der Waals surface area contributed by atoms with Crippen molar-refractivity contribution in [2.24, 2.45) is 5.73 Å². The number of nitrogens with two attached hydrogens (primary N) is 1. The molecule has 102 valence electrons. The Balaban J connectivity index is 2.28. The average molecular weight is 292 g/mol. The van der Waals surface area contributed by atoms with Crippen LogP contribution in [0.25, 0.3) is 0 Å². The van der Waals surface area contributed by atoms with Crippen molar-refractivity contribution < 1.29 is 14.7 Å². The Bertz CT molecular complexity index is 688. The maximum atomic E-state index is 11.0. The van der Waals surface area contributed by atoms with Gasteiger partial charge in [-0.1, -0.05) is 17.7 Å². The lowest BCUT2D eigenvalue weighted by Gasteiger charge is -2.08. The van der Waals surface area contributed by atoms with E-state index in [9.17, 15) is 9.59 Å². The van der Waals surface area contributed by atoms with E-state index in [0.29, 0.717) is 11.5 Å². The number of pyridine rings is 1. The number of primary amides is 1. The van der Waals surface area contributed by atoms with E-state index < -0.39 is 11.9 Å². The number of hydrogen-bond acceptors (Lipinski definition) is 4. The summed E-state index contributed by atoms with van der Waals surface area (Å²) in [4.78, 5) is 25.8. The van der Waals surface area contributed by atoms with Gasteiger partial charge < -0.3 is 16.2 Å². The fourth-order valence-corrected chi connectivity index (χ4v) is 1.76. The van der Waals surface area contributed by atoms with E-state index in [1.54, 1.807) is 12.1 Å². The van der Waals surface area contributed by atoms with Gasteiger partial charge in [-0.05, 0) is 30.3 Å². The van der Waals surface area contributed by atoms with Gasteiger partial charge in [0, 0.05) is 0 Å². The first-order chi connectivity index (χ1) is 9.47. The number of hydrogen-bond donors (Lipinski definition) is 3. The van der Waals surface area contributed by atoms with Crippen LogP contribution in [0.15, 0.2) is 36.4 Å². The van der Waals surface area contributed by atoms with Crippen molar-refractivity contribution in [3.05, 3.63) is 52.7 Å². The second-order valence-corrected chi connectivity index (χ2v) is 4.30. The third-order valence-electron chi connectivity index (χ3n) is 2.48. The Morgan fingerprint density at radius 1 is 1.25 bits per heavy atom. The molecule has 0 saturated heterocycles. The molecule has 4 N–H and O–H groups in total. The van der Waals surface area contributed by atoms with Gasteiger partial charge in [0.1, 0.15) is 11.5 Å². The van der Waals surface area contributed by atoms with Crippen molar-refractivity contribution >= 4 is 35.0 Å². The molecule has 1 heterocycles. The number of aromatic nitrogens is 1. The van der Waals surface area contributed by atoms with Crippen molar-refractivity contribution in [2.45, 2.75) is 0 Å². The molecule has 7 heteroatoms. The van der Waals surface area contributed by atoms with E-state index in [2.05, 4.69) is 10.3 Å². The van der Waals surface area contributed by atoms with Crippen molar-refractivity contribution in [3.63, 3.8) is 0 Å². The summed E-state index contributed by atoms with van der Waals surface area (Å²) in [6.45, 7) is 0. The molecule has 0 fully saturated rings. The van der Waals surface area contributed by atoms with Crippen LogP contribution >= 0.6 is 11.6 Å². The second kappa shape index (κ2) is 5.58. The lowest BCUT2D eigenvalue weighted by molar-refractivity contribution is 0.0696. The molecule has 0 saturated carbocycles. The molecule has 2 aromatic rings. The number of carboxylic acid groups (broad SMARTS) is 1. The maximum absolute atomic E-state index is 11.0. The molecule has 6 nitrogen and oxygen atoms in total. The largest absolute Gasteiger partial charge is 0.478 e. The third-order valence-corrected chi connectivity index (χ3v) is 2.79. The summed E-state index contributed by atoms with van der Waals surface area (Å²) in [6.07, 6.45) is 0. The number of amides is 1. The molecule has 0 radical (unpaired) electrons. The van der Waals surface area contributed by atoms with E-state index in [4.69, 9.17) is 22.4 Å². The lowest BCUT2D eigenvalue weighted by atomic mass is 10.2. The fourth-order valence-electron chi connectivity index (χ4n) is 1.53. The summed E-state index contributed by atoms with van der Waals surface area (Å²) in [6, 6.07) is 8.99. The molecule has 0 atom stereocenters. The number of aromatic carboxylic acids is 1. The zero-order chi connectivity index (χ0) is 14.7. The number of nitrogens with zero attached hydrogens (tertiary/aromatic N) is 1. The minimum absolute atomic E-state index is 0.0828. The summed E-state index contributed by atoms with van der Waals surface area (Å²) < 4.78 is 0. The van der Waals surface area contributed by atoms with Crippen LogP contribution in [0.4, 0.5) is 11.5 Å². The normalized spacial score (nSPS) is 10.1. The molecule has 0 spiro atoms. The smallest absolute Gasteiger partial charge is 0.335 e. The predicted molar refractivity (Wildman–Crippen MR) is 74.4 cm³/mol. The molecule has 0 bridgehead atoms. The topological polar surface area (TPSA) is 105 Å². The number of halogens is 1. The van der Waals surface area contributed by atoms with Crippen molar-refractivity contribution in [3.8, 4) is 0 Å². The number of carbonyl (C=O) groups excluding carboxylic acids is 1. The molecular weight excluding hydrogens is 282 g/mol. The van der Waals surface area contributed by atoms with Crippen LogP contribution in [-0.4, -0.2) is 22.0 Å². The number of anilines is 2.